The maximum atomic E-state index is 13.7. The highest BCUT2D eigenvalue weighted by Gasteiger charge is 2.33. The minimum absolute atomic E-state index is 0.0599. The molecule has 0 bridgehead atoms. The van der Waals surface area contributed by atoms with E-state index in [1.54, 1.807) is 6.92 Å². The van der Waals surface area contributed by atoms with Crippen molar-refractivity contribution in [3.8, 4) is 17.2 Å². The van der Waals surface area contributed by atoms with Gasteiger partial charge in [0.15, 0.2) is 0 Å². The van der Waals surface area contributed by atoms with Crippen LogP contribution < -0.4 is 15.4 Å². The van der Waals surface area contributed by atoms with Crippen LogP contribution in [0.4, 0.5) is 17.6 Å². The summed E-state index contributed by atoms with van der Waals surface area (Å²) in [5.74, 6) is -2.49. The van der Waals surface area contributed by atoms with Crippen LogP contribution in [0.15, 0.2) is 45.8 Å². The molecule has 0 aliphatic heterocycles. The molecule has 2 rings (SSSR count). The number of aromatic nitrogens is 1. The molecule has 0 spiro atoms. The van der Waals surface area contributed by atoms with Crippen molar-refractivity contribution in [3.63, 3.8) is 0 Å². The molecule has 0 saturated carbocycles. The highest BCUT2D eigenvalue weighted by Crippen LogP contribution is 2.26. The van der Waals surface area contributed by atoms with Gasteiger partial charge in [-0.2, -0.15) is 13.2 Å². The van der Waals surface area contributed by atoms with Crippen LogP contribution in [0.2, 0.25) is 0 Å². The van der Waals surface area contributed by atoms with E-state index in [-0.39, 0.29) is 34.1 Å². The molecule has 15 heteroatoms. The number of alkyl halides is 3. The van der Waals surface area contributed by atoms with Crippen LogP contribution >= 0.6 is 11.8 Å². The van der Waals surface area contributed by atoms with Gasteiger partial charge in [0.2, 0.25) is 17.6 Å². The minimum Gasteiger partial charge on any atom is -0.497 e. The molecular formula is C26H34F4N4O6S. The predicted octanol–water partition coefficient (Wildman–Crippen LogP) is 4.09. The Balaban J connectivity index is 0.00000154. The Bertz CT molecular complexity index is 1170. The first-order valence-electron chi connectivity index (χ1n) is 12.3. The summed E-state index contributed by atoms with van der Waals surface area (Å²) in [6, 6.07) is 2.37. The van der Waals surface area contributed by atoms with Crippen molar-refractivity contribution in [1.82, 2.24) is 15.6 Å². The largest absolute Gasteiger partial charge is 0.497 e. The minimum atomic E-state index is -4.51. The summed E-state index contributed by atoms with van der Waals surface area (Å²) in [7, 11) is 2.68. The van der Waals surface area contributed by atoms with Gasteiger partial charge in [0, 0.05) is 25.1 Å². The van der Waals surface area contributed by atoms with Gasteiger partial charge < -0.3 is 30.0 Å². The number of oxazole rings is 1. The third-order valence-electron chi connectivity index (χ3n) is 5.23. The molecule has 3 atom stereocenters. The van der Waals surface area contributed by atoms with Crippen LogP contribution in [0.3, 0.4) is 0 Å². The molecule has 3 unspecified atom stereocenters. The van der Waals surface area contributed by atoms with E-state index < -0.39 is 55.3 Å². The van der Waals surface area contributed by atoms with Crippen molar-refractivity contribution in [3.05, 3.63) is 48.0 Å². The number of aliphatic hydroxyl groups is 2. The maximum Gasteiger partial charge on any atom is 0.389 e. The zero-order valence-electron chi connectivity index (χ0n) is 23.0. The van der Waals surface area contributed by atoms with Crippen LogP contribution in [-0.4, -0.2) is 77.2 Å². The molecule has 0 saturated heterocycles. The summed E-state index contributed by atoms with van der Waals surface area (Å²) >= 11 is 0.903. The number of methoxy groups -OCH3 is 1. The van der Waals surface area contributed by atoms with E-state index in [2.05, 4.69) is 27.2 Å². The third kappa shape index (κ3) is 13.2. The van der Waals surface area contributed by atoms with Gasteiger partial charge in [0.1, 0.15) is 22.7 Å². The lowest BCUT2D eigenvalue weighted by atomic mass is 10.1. The van der Waals surface area contributed by atoms with Gasteiger partial charge in [-0.15, -0.1) is 0 Å². The average Bonchev–Trinajstić information content (AvgIpc) is 3.42. The number of hydrogen-bond acceptors (Lipinski definition) is 9. The van der Waals surface area contributed by atoms with E-state index in [0.717, 1.165) is 36.5 Å². The van der Waals surface area contributed by atoms with Crippen molar-refractivity contribution in [2.45, 2.75) is 57.5 Å². The molecule has 1 heterocycles. The quantitative estimate of drug-likeness (QED) is 0.161. The van der Waals surface area contributed by atoms with E-state index in [9.17, 15) is 32.3 Å². The van der Waals surface area contributed by atoms with Gasteiger partial charge in [-0.3, -0.25) is 14.6 Å². The van der Waals surface area contributed by atoms with Gasteiger partial charge >= 0.3 is 6.18 Å². The van der Waals surface area contributed by atoms with E-state index in [1.165, 1.54) is 25.6 Å². The number of hydrogen-bond donors (Lipinski definition) is 4. The molecule has 1 aromatic heterocycles. The second-order valence-corrected chi connectivity index (χ2v) is 9.46. The molecular weight excluding hydrogens is 572 g/mol. The predicted molar refractivity (Wildman–Crippen MR) is 147 cm³/mol. The van der Waals surface area contributed by atoms with Gasteiger partial charge in [-0.25, -0.2) is 9.37 Å². The first-order chi connectivity index (χ1) is 19.2. The number of benzene rings is 1. The summed E-state index contributed by atoms with van der Waals surface area (Å²) in [5, 5.41) is 24.7. The van der Waals surface area contributed by atoms with E-state index in [1.807, 2.05) is 6.92 Å². The Morgan fingerprint density at radius 1 is 1.29 bits per heavy atom. The van der Waals surface area contributed by atoms with Crippen LogP contribution in [0.1, 0.15) is 43.7 Å². The van der Waals surface area contributed by atoms with Crippen LogP contribution in [0, 0.1) is 5.82 Å². The standard InChI is InChI=1S/C22H24F4N4O5S.C4H10O/c1-4-36-21(27-2)18(32)15(5-6-22(24,25)26)30-17(31)11-28-19(33)16-10-29-20(35-16)12-7-13(23)9-14(8-12)34-3;1-3-4(2)5/h4,7-10,15,18,32H,1,5-6,11H2,2-3H3,(H,28,33)(H,30,31);4-5H,3H2,1-2H3. The van der Waals surface area contributed by atoms with Gasteiger partial charge in [-0.05, 0) is 37.3 Å². The molecule has 228 valence electrons. The fourth-order valence-corrected chi connectivity index (χ4v) is 3.54. The molecule has 2 amide bonds. The second kappa shape index (κ2) is 17.4. The van der Waals surface area contributed by atoms with Crippen molar-refractivity contribution in [1.29, 1.82) is 0 Å². The first-order valence-corrected chi connectivity index (χ1v) is 13.2. The van der Waals surface area contributed by atoms with Crippen LogP contribution in [-0.2, 0) is 4.79 Å². The summed E-state index contributed by atoms with van der Waals surface area (Å²) in [6.07, 6.45) is -6.12. The molecule has 2 aromatic rings. The Morgan fingerprint density at radius 3 is 2.49 bits per heavy atom. The fourth-order valence-electron chi connectivity index (χ4n) is 2.96. The molecule has 41 heavy (non-hydrogen) atoms. The lowest BCUT2D eigenvalue weighted by Gasteiger charge is -2.25. The van der Waals surface area contributed by atoms with E-state index in [0.29, 0.717) is 0 Å². The highest BCUT2D eigenvalue weighted by atomic mass is 32.2. The van der Waals surface area contributed by atoms with Crippen molar-refractivity contribution >= 4 is 28.6 Å². The smallest absolute Gasteiger partial charge is 0.389 e. The van der Waals surface area contributed by atoms with Gasteiger partial charge in [-0.1, -0.05) is 25.3 Å². The Kier molecular flexibility index (Phi) is 15.1. The zero-order chi connectivity index (χ0) is 31.2. The molecule has 0 aliphatic rings. The highest BCUT2D eigenvalue weighted by molar-refractivity contribution is 8.16. The number of nitrogens with zero attached hydrogens (tertiary/aromatic N) is 2. The van der Waals surface area contributed by atoms with E-state index >= 15 is 0 Å². The number of carbonyl (C=O) groups excluding carboxylic acids is 2. The summed E-state index contributed by atoms with van der Waals surface area (Å²) in [4.78, 5) is 32.4. The fraction of sp³-hybridized carbons (Fsp3) is 0.462. The number of rotatable bonds is 12. The second-order valence-electron chi connectivity index (χ2n) is 8.47. The van der Waals surface area contributed by atoms with E-state index in [4.69, 9.17) is 14.3 Å². The number of ether oxygens (including phenoxy) is 1. The summed E-state index contributed by atoms with van der Waals surface area (Å²) in [6.45, 7) is 6.56. The third-order valence-corrected chi connectivity index (χ3v) is 6.06. The monoisotopic (exact) mass is 606 g/mol. The molecule has 0 radical (unpaired) electrons. The number of amides is 2. The number of aliphatic hydroxyl groups excluding tert-OH is 2. The van der Waals surface area contributed by atoms with Gasteiger partial charge in [0.25, 0.3) is 5.91 Å². The van der Waals surface area contributed by atoms with Crippen molar-refractivity contribution < 1.29 is 46.5 Å². The Morgan fingerprint density at radius 2 is 1.95 bits per heavy atom. The molecule has 0 fully saturated rings. The lowest BCUT2D eigenvalue weighted by molar-refractivity contribution is -0.139. The number of carbonyl (C=O) groups is 2. The molecule has 1 aromatic carbocycles. The van der Waals surface area contributed by atoms with Crippen LogP contribution in [0.25, 0.3) is 11.5 Å². The normalized spacial score (nSPS) is 13.8. The average molecular weight is 607 g/mol. The summed E-state index contributed by atoms with van der Waals surface area (Å²) in [5.41, 5.74) is 0.205. The van der Waals surface area contributed by atoms with Crippen LogP contribution in [0.5, 0.6) is 5.75 Å². The molecule has 4 N–H and O–H groups in total. The number of aliphatic imine (C=N–C) groups is 1. The Hall–Kier alpha value is -3.43. The SMILES string of the molecule is C=CSC(=NC)C(O)C(CCC(F)(F)F)NC(=O)CNC(=O)c1cnc(-c2cc(F)cc(OC)c2)o1.CCC(C)O. The molecule has 0 aliphatic carbocycles. The van der Waals surface area contributed by atoms with Crippen molar-refractivity contribution in [2.24, 2.45) is 4.99 Å². The topological polar surface area (TPSA) is 146 Å². The van der Waals surface area contributed by atoms with Crippen molar-refractivity contribution in [2.75, 3.05) is 20.7 Å². The first kappa shape index (κ1) is 35.6. The number of nitrogens with one attached hydrogen (secondary N) is 2. The molecule has 10 nitrogen and oxygen atoms in total. The van der Waals surface area contributed by atoms with Gasteiger partial charge in [0.05, 0.1) is 32.0 Å². The summed E-state index contributed by atoms with van der Waals surface area (Å²) < 4.78 is 62.2. The zero-order valence-corrected chi connectivity index (χ0v) is 23.8. The Labute approximate surface area is 239 Å². The lowest BCUT2D eigenvalue weighted by Crippen LogP contribution is -2.49. The maximum absolute atomic E-state index is 13.7. The number of halogens is 4. The number of thioether (sulfide) groups is 1.